The lowest BCUT2D eigenvalue weighted by molar-refractivity contribution is 0.305. The van der Waals surface area contributed by atoms with Crippen molar-refractivity contribution in [3.8, 4) is 17.6 Å². The molecular formula is C23H22Cl2N2O2S2. The van der Waals surface area contributed by atoms with Crippen LogP contribution in [0.3, 0.4) is 0 Å². The molecule has 3 rings (SSSR count). The zero-order chi connectivity index (χ0) is 22.4. The van der Waals surface area contributed by atoms with Crippen LogP contribution < -0.4 is 9.47 Å². The van der Waals surface area contributed by atoms with Crippen LogP contribution in [0.1, 0.15) is 35.5 Å². The fourth-order valence-electron chi connectivity index (χ4n) is 3.06. The average molecular weight is 493 g/mol. The summed E-state index contributed by atoms with van der Waals surface area (Å²) in [7, 11) is 0. The van der Waals surface area contributed by atoms with E-state index in [1.54, 1.807) is 23.1 Å². The predicted molar refractivity (Wildman–Crippen MR) is 129 cm³/mol. The first-order chi connectivity index (χ1) is 14.9. The van der Waals surface area contributed by atoms with Crippen molar-refractivity contribution in [1.82, 2.24) is 4.98 Å². The predicted octanol–water partition coefficient (Wildman–Crippen LogP) is 6.91. The van der Waals surface area contributed by atoms with Gasteiger partial charge in [-0.3, -0.25) is 0 Å². The highest BCUT2D eigenvalue weighted by Gasteiger charge is 2.26. The Morgan fingerprint density at radius 3 is 2.52 bits per heavy atom. The van der Waals surface area contributed by atoms with E-state index in [9.17, 15) is 5.26 Å². The van der Waals surface area contributed by atoms with E-state index in [1.807, 2.05) is 48.0 Å². The monoisotopic (exact) mass is 492 g/mol. The van der Waals surface area contributed by atoms with Crippen molar-refractivity contribution in [2.24, 2.45) is 0 Å². The number of hydrogen-bond donors (Lipinski definition) is 0. The molecule has 0 saturated heterocycles. The third kappa shape index (κ3) is 5.67. The minimum absolute atomic E-state index is 0.291. The van der Waals surface area contributed by atoms with E-state index in [4.69, 9.17) is 32.7 Å². The number of rotatable bonds is 9. The summed E-state index contributed by atoms with van der Waals surface area (Å²) in [6, 6.07) is 13.8. The number of thiazole rings is 1. The maximum Gasteiger partial charge on any atom is 0.155 e. The Morgan fingerprint density at radius 2 is 1.90 bits per heavy atom. The highest BCUT2D eigenvalue weighted by atomic mass is 35.5. The van der Waals surface area contributed by atoms with Crippen LogP contribution in [0, 0.1) is 11.3 Å². The van der Waals surface area contributed by atoms with Crippen molar-refractivity contribution in [2.45, 2.75) is 30.9 Å². The first kappa shape index (κ1) is 23.7. The molecule has 0 N–H and O–H groups in total. The van der Waals surface area contributed by atoms with Gasteiger partial charge >= 0.3 is 0 Å². The van der Waals surface area contributed by atoms with Crippen LogP contribution in [-0.2, 0) is 12.0 Å². The van der Waals surface area contributed by atoms with Crippen molar-refractivity contribution in [3.05, 3.63) is 68.5 Å². The Bertz CT molecular complexity index is 1080. The van der Waals surface area contributed by atoms with Crippen molar-refractivity contribution in [2.75, 3.05) is 18.7 Å². The van der Waals surface area contributed by atoms with Crippen LogP contribution in [0.25, 0.3) is 0 Å². The third-order valence-corrected chi connectivity index (χ3v) is 6.92. The van der Waals surface area contributed by atoms with E-state index < -0.39 is 0 Å². The molecular weight excluding hydrogens is 471 g/mol. The number of hydrogen-bond acceptors (Lipinski definition) is 6. The van der Waals surface area contributed by atoms with Gasteiger partial charge in [0.25, 0.3) is 0 Å². The van der Waals surface area contributed by atoms with Gasteiger partial charge < -0.3 is 9.47 Å². The molecule has 0 aliphatic heterocycles. The van der Waals surface area contributed by atoms with Gasteiger partial charge in [0.05, 0.1) is 16.5 Å². The summed E-state index contributed by atoms with van der Waals surface area (Å²) in [6.45, 7) is 4.92. The van der Waals surface area contributed by atoms with Crippen molar-refractivity contribution < 1.29 is 9.47 Å². The number of alkyl halides is 1. The molecule has 4 nitrogen and oxygen atoms in total. The summed E-state index contributed by atoms with van der Waals surface area (Å²) >= 11 is 15.3. The molecule has 0 radical (unpaired) electrons. The lowest BCUT2D eigenvalue weighted by Gasteiger charge is -2.27. The SMILES string of the molecule is CSc1csc(COc2ccc(C(C)(C)c3cc(Cl)c(OCCCl)c(C#N)c3)cc2)n1. The molecule has 0 fully saturated rings. The molecule has 0 saturated carbocycles. The highest BCUT2D eigenvalue weighted by molar-refractivity contribution is 7.98. The molecule has 8 heteroatoms. The number of aromatic nitrogens is 1. The van der Waals surface area contributed by atoms with Gasteiger partial charge in [-0.15, -0.1) is 34.7 Å². The zero-order valence-electron chi connectivity index (χ0n) is 17.4. The van der Waals surface area contributed by atoms with E-state index in [1.165, 1.54) is 0 Å². The molecule has 1 aromatic heterocycles. The van der Waals surface area contributed by atoms with Gasteiger partial charge in [0, 0.05) is 10.8 Å². The molecule has 0 bridgehead atoms. The van der Waals surface area contributed by atoms with Crippen molar-refractivity contribution >= 4 is 46.3 Å². The lowest BCUT2D eigenvalue weighted by atomic mass is 9.77. The zero-order valence-corrected chi connectivity index (χ0v) is 20.6. The molecule has 0 amide bonds. The molecule has 31 heavy (non-hydrogen) atoms. The standard InChI is InChI=1S/C23H22Cl2N2O2S2/c1-23(2,17-10-15(12-26)22(19(25)11-17)28-9-8-24)16-4-6-18(7-5-16)29-13-20-27-21(30-3)14-31-20/h4-7,10-11,14H,8-9,13H2,1-3H3. The molecule has 2 aromatic carbocycles. The van der Waals surface area contributed by atoms with Crippen LogP contribution in [-0.4, -0.2) is 23.7 Å². The third-order valence-electron chi connectivity index (χ3n) is 4.89. The Kier molecular flexibility index (Phi) is 8.12. The molecule has 3 aromatic rings. The quantitative estimate of drug-likeness (QED) is 0.239. The van der Waals surface area contributed by atoms with E-state index in [0.717, 1.165) is 26.9 Å². The van der Waals surface area contributed by atoms with Crippen LogP contribution in [0.15, 0.2) is 46.8 Å². The number of nitrogens with zero attached hydrogens (tertiary/aromatic N) is 2. The van der Waals surface area contributed by atoms with Gasteiger partial charge in [0.1, 0.15) is 35.1 Å². The summed E-state index contributed by atoms with van der Waals surface area (Å²) in [5.74, 6) is 1.48. The Morgan fingerprint density at radius 1 is 1.16 bits per heavy atom. The minimum atomic E-state index is -0.374. The maximum atomic E-state index is 9.57. The summed E-state index contributed by atoms with van der Waals surface area (Å²) < 4.78 is 11.4. The normalized spacial score (nSPS) is 11.2. The number of benzene rings is 2. The number of nitriles is 1. The first-order valence-corrected chi connectivity index (χ1v) is 12.6. The molecule has 1 heterocycles. The van der Waals surface area contributed by atoms with Crippen molar-refractivity contribution in [3.63, 3.8) is 0 Å². The van der Waals surface area contributed by atoms with Crippen LogP contribution in [0.4, 0.5) is 0 Å². The molecule has 0 atom stereocenters. The Labute approximate surface area is 201 Å². The van der Waals surface area contributed by atoms with E-state index in [-0.39, 0.29) is 5.41 Å². The minimum Gasteiger partial charge on any atom is -0.489 e. The fourth-order valence-corrected chi connectivity index (χ4v) is 4.77. The van der Waals surface area contributed by atoms with Gasteiger partial charge in [-0.25, -0.2) is 4.98 Å². The Balaban J connectivity index is 1.78. The fraction of sp³-hybridized carbons (Fsp3) is 0.304. The van der Waals surface area contributed by atoms with Gasteiger partial charge in [-0.2, -0.15) is 5.26 Å². The van der Waals surface area contributed by atoms with Gasteiger partial charge in [-0.05, 0) is 41.6 Å². The largest absolute Gasteiger partial charge is 0.489 e. The lowest BCUT2D eigenvalue weighted by Crippen LogP contribution is -2.19. The molecule has 0 aliphatic rings. The topological polar surface area (TPSA) is 55.1 Å². The second-order valence-electron chi connectivity index (χ2n) is 7.21. The average Bonchev–Trinajstić information content (AvgIpc) is 3.24. The molecule has 0 spiro atoms. The van der Waals surface area contributed by atoms with E-state index in [0.29, 0.717) is 35.4 Å². The second-order valence-corrected chi connectivity index (χ2v) is 9.76. The van der Waals surface area contributed by atoms with Crippen molar-refractivity contribution in [1.29, 1.82) is 5.26 Å². The number of ether oxygens (including phenoxy) is 2. The van der Waals surface area contributed by atoms with E-state index >= 15 is 0 Å². The first-order valence-electron chi connectivity index (χ1n) is 9.53. The number of halogens is 2. The summed E-state index contributed by atoms with van der Waals surface area (Å²) in [5.41, 5.74) is 2.02. The highest BCUT2D eigenvalue weighted by Crippen LogP contribution is 2.38. The molecule has 0 aliphatic carbocycles. The summed E-state index contributed by atoms with van der Waals surface area (Å²) in [4.78, 5) is 4.49. The number of thioether (sulfide) groups is 1. The van der Waals surface area contributed by atoms with Crippen LogP contribution >= 0.6 is 46.3 Å². The van der Waals surface area contributed by atoms with E-state index in [2.05, 4.69) is 24.9 Å². The maximum absolute atomic E-state index is 9.57. The van der Waals surface area contributed by atoms with Crippen LogP contribution in [0.2, 0.25) is 5.02 Å². The van der Waals surface area contributed by atoms with Gasteiger partial charge in [-0.1, -0.05) is 37.6 Å². The summed E-state index contributed by atoms with van der Waals surface area (Å²) in [6.07, 6.45) is 2.01. The summed E-state index contributed by atoms with van der Waals surface area (Å²) in [5, 5.41) is 14.0. The second kappa shape index (κ2) is 10.6. The van der Waals surface area contributed by atoms with Gasteiger partial charge in [0.15, 0.2) is 5.75 Å². The van der Waals surface area contributed by atoms with Gasteiger partial charge in [0.2, 0.25) is 0 Å². The molecule has 162 valence electrons. The smallest absolute Gasteiger partial charge is 0.155 e. The Hall–Kier alpha value is -1.91. The molecule has 0 unspecified atom stereocenters. The van der Waals surface area contributed by atoms with Crippen LogP contribution in [0.5, 0.6) is 11.5 Å².